The second kappa shape index (κ2) is 7.74. The monoisotopic (exact) mass is 407 g/mol. The highest BCUT2D eigenvalue weighted by Crippen LogP contribution is 2.48. The van der Waals surface area contributed by atoms with E-state index in [1.54, 1.807) is 13.4 Å². The van der Waals surface area contributed by atoms with Gasteiger partial charge in [0.25, 0.3) is 0 Å². The number of hydrogen-bond donors (Lipinski definition) is 1. The van der Waals surface area contributed by atoms with Crippen molar-refractivity contribution in [2.45, 2.75) is 58.9 Å². The summed E-state index contributed by atoms with van der Waals surface area (Å²) in [6.45, 7) is 7.02. The summed E-state index contributed by atoms with van der Waals surface area (Å²) in [7, 11) is 1.63. The number of allylic oxidation sites excluding steroid dienone is 2. The molecule has 30 heavy (non-hydrogen) atoms. The lowest BCUT2D eigenvalue weighted by molar-refractivity contribution is -0.118. The van der Waals surface area contributed by atoms with Gasteiger partial charge in [0, 0.05) is 30.9 Å². The van der Waals surface area contributed by atoms with Crippen molar-refractivity contribution >= 4 is 5.78 Å². The number of fused-ring (bicyclic) bond motifs is 1. The molecule has 0 radical (unpaired) electrons. The first-order valence-corrected chi connectivity index (χ1v) is 10.6. The van der Waals surface area contributed by atoms with Crippen molar-refractivity contribution in [2.75, 3.05) is 7.11 Å². The fourth-order valence-electron chi connectivity index (χ4n) is 4.43. The summed E-state index contributed by atoms with van der Waals surface area (Å²) in [5, 5.41) is 8.90. The van der Waals surface area contributed by atoms with Crippen LogP contribution in [-0.2, 0) is 11.3 Å². The Balaban J connectivity index is 1.91. The predicted molar refractivity (Wildman–Crippen MR) is 114 cm³/mol. The number of nitrogens with zero attached hydrogens (tertiary/aromatic N) is 2. The molecule has 1 N–H and O–H groups in total. The summed E-state index contributed by atoms with van der Waals surface area (Å²) in [4.78, 5) is 17.8. The molecular formula is C24H29N3O3. The van der Waals surface area contributed by atoms with Crippen LogP contribution >= 0.6 is 0 Å². The Bertz CT molecular complexity index is 1060. The number of rotatable bonds is 5. The number of carbonyl (C=O) groups excluding carboxylic acids is 1. The predicted octanol–water partition coefficient (Wildman–Crippen LogP) is 4.34. The van der Waals surface area contributed by atoms with Crippen LogP contribution in [0.1, 0.15) is 63.5 Å². The van der Waals surface area contributed by atoms with Crippen molar-refractivity contribution in [1.82, 2.24) is 9.55 Å². The topological polar surface area (TPSA) is 77.2 Å². The summed E-state index contributed by atoms with van der Waals surface area (Å²) in [5.41, 5.74) is 2.50. The standard InChI is InChI=1S/C24H29N3O3/c1-5-6-11-27-14-26-23-21(22(27)25)19(15-7-9-16(29-4)10-8-15)20-17(28)12-24(2,3)13-18(20)30-23/h7-10,14,19,25H,5-6,11-13H2,1-4H3. The summed E-state index contributed by atoms with van der Waals surface area (Å²) in [6.07, 6.45) is 4.83. The zero-order valence-corrected chi connectivity index (χ0v) is 18.1. The number of aromatic nitrogens is 2. The van der Waals surface area contributed by atoms with Crippen molar-refractivity contribution < 1.29 is 14.3 Å². The minimum atomic E-state index is -0.354. The zero-order chi connectivity index (χ0) is 21.5. The van der Waals surface area contributed by atoms with Gasteiger partial charge >= 0.3 is 0 Å². The molecule has 1 aliphatic heterocycles. The molecule has 0 amide bonds. The van der Waals surface area contributed by atoms with Crippen LogP contribution in [-0.4, -0.2) is 22.4 Å². The molecule has 0 saturated heterocycles. The number of ether oxygens (including phenoxy) is 2. The van der Waals surface area contributed by atoms with Gasteiger partial charge in [-0.05, 0) is 29.5 Å². The van der Waals surface area contributed by atoms with E-state index in [0.717, 1.165) is 30.7 Å². The van der Waals surface area contributed by atoms with Gasteiger partial charge in [-0.1, -0.05) is 39.3 Å². The molecular weight excluding hydrogens is 378 g/mol. The van der Waals surface area contributed by atoms with Crippen molar-refractivity contribution in [1.29, 1.82) is 5.41 Å². The average molecular weight is 408 g/mol. The van der Waals surface area contributed by atoms with E-state index in [1.807, 2.05) is 28.8 Å². The van der Waals surface area contributed by atoms with E-state index in [9.17, 15) is 4.79 Å². The first-order chi connectivity index (χ1) is 14.3. The van der Waals surface area contributed by atoms with Gasteiger partial charge in [0.05, 0.1) is 12.7 Å². The lowest BCUT2D eigenvalue weighted by Gasteiger charge is -2.38. The van der Waals surface area contributed by atoms with Gasteiger partial charge in [-0.15, -0.1) is 0 Å². The van der Waals surface area contributed by atoms with E-state index < -0.39 is 0 Å². The largest absolute Gasteiger partial charge is 0.497 e. The van der Waals surface area contributed by atoms with Crippen LogP contribution in [0.15, 0.2) is 41.9 Å². The van der Waals surface area contributed by atoms with E-state index in [4.69, 9.17) is 14.9 Å². The van der Waals surface area contributed by atoms with Crippen molar-refractivity contribution in [3.63, 3.8) is 0 Å². The molecule has 0 bridgehead atoms. The number of benzene rings is 1. The van der Waals surface area contributed by atoms with Crippen molar-refractivity contribution in [3.8, 4) is 11.6 Å². The van der Waals surface area contributed by atoms with Crippen LogP contribution in [0.3, 0.4) is 0 Å². The Labute approximate surface area is 177 Å². The van der Waals surface area contributed by atoms with Crippen LogP contribution in [0.25, 0.3) is 0 Å². The average Bonchev–Trinajstić information content (AvgIpc) is 2.71. The fraction of sp³-hybridized carbons (Fsp3) is 0.458. The first kappa shape index (κ1) is 20.4. The molecule has 1 aliphatic carbocycles. The van der Waals surface area contributed by atoms with E-state index in [1.165, 1.54) is 0 Å². The van der Waals surface area contributed by atoms with Gasteiger partial charge < -0.3 is 14.0 Å². The molecule has 6 nitrogen and oxygen atoms in total. The number of ketones is 1. The van der Waals surface area contributed by atoms with E-state index >= 15 is 0 Å². The second-order valence-corrected chi connectivity index (χ2v) is 8.94. The molecule has 1 atom stereocenters. The summed E-state index contributed by atoms with van der Waals surface area (Å²) in [6, 6.07) is 7.73. The van der Waals surface area contributed by atoms with E-state index in [2.05, 4.69) is 25.8 Å². The van der Waals surface area contributed by atoms with Gasteiger partial charge in [-0.25, -0.2) is 4.98 Å². The van der Waals surface area contributed by atoms with Crippen molar-refractivity contribution in [3.05, 3.63) is 58.5 Å². The molecule has 158 valence electrons. The molecule has 0 saturated carbocycles. The molecule has 0 spiro atoms. The quantitative estimate of drug-likeness (QED) is 0.800. The Morgan fingerprint density at radius 2 is 2.00 bits per heavy atom. The Hall–Kier alpha value is -2.89. The van der Waals surface area contributed by atoms with E-state index in [0.29, 0.717) is 41.1 Å². The number of nitrogens with one attached hydrogen (secondary N) is 1. The van der Waals surface area contributed by atoms with Crippen LogP contribution in [0, 0.1) is 10.8 Å². The number of methoxy groups -OCH3 is 1. The highest BCUT2D eigenvalue weighted by Gasteiger charge is 2.43. The Kier molecular flexibility index (Phi) is 5.26. The van der Waals surface area contributed by atoms with Crippen LogP contribution in [0.4, 0.5) is 0 Å². The lowest BCUT2D eigenvalue weighted by Crippen LogP contribution is -2.37. The molecule has 1 aromatic heterocycles. The minimum Gasteiger partial charge on any atom is -0.497 e. The number of aryl methyl sites for hydroxylation is 1. The van der Waals surface area contributed by atoms with Crippen molar-refractivity contribution in [2.24, 2.45) is 5.41 Å². The number of Topliss-reactive ketones (excluding diaryl/α,β-unsaturated/α-hetero) is 1. The first-order valence-electron chi connectivity index (χ1n) is 10.6. The number of unbranched alkanes of at least 4 members (excludes halogenated alkanes) is 1. The minimum absolute atomic E-state index is 0.0936. The number of carbonyl (C=O) groups is 1. The second-order valence-electron chi connectivity index (χ2n) is 8.94. The lowest BCUT2D eigenvalue weighted by atomic mass is 9.70. The van der Waals surface area contributed by atoms with Gasteiger partial charge in [0.1, 0.15) is 23.3 Å². The maximum atomic E-state index is 13.3. The molecule has 1 unspecified atom stereocenters. The normalized spacial score (nSPS) is 19.7. The summed E-state index contributed by atoms with van der Waals surface area (Å²) >= 11 is 0. The van der Waals surface area contributed by atoms with Gasteiger partial charge in [0.15, 0.2) is 5.78 Å². The number of hydrogen-bond acceptors (Lipinski definition) is 5. The molecule has 1 aromatic carbocycles. The third-order valence-electron chi connectivity index (χ3n) is 5.97. The van der Waals surface area contributed by atoms with E-state index in [-0.39, 0.29) is 17.1 Å². The SMILES string of the molecule is CCCCn1cnc2c(c1=N)C(c1ccc(OC)cc1)C1=C(CC(C)(C)CC1=O)O2. The highest BCUT2D eigenvalue weighted by atomic mass is 16.5. The molecule has 2 heterocycles. The van der Waals surface area contributed by atoms with Crippen LogP contribution < -0.4 is 15.0 Å². The van der Waals surface area contributed by atoms with Gasteiger partial charge in [-0.3, -0.25) is 10.2 Å². The summed E-state index contributed by atoms with van der Waals surface area (Å²) in [5.74, 6) is 1.63. The maximum Gasteiger partial charge on any atom is 0.228 e. The summed E-state index contributed by atoms with van der Waals surface area (Å²) < 4.78 is 13.3. The smallest absolute Gasteiger partial charge is 0.228 e. The third kappa shape index (κ3) is 3.55. The maximum absolute atomic E-state index is 13.3. The zero-order valence-electron chi connectivity index (χ0n) is 18.1. The van der Waals surface area contributed by atoms with Gasteiger partial charge in [-0.2, -0.15) is 0 Å². The highest BCUT2D eigenvalue weighted by molar-refractivity contribution is 6.00. The Morgan fingerprint density at radius 1 is 1.27 bits per heavy atom. The fourth-order valence-corrected chi connectivity index (χ4v) is 4.43. The van der Waals surface area contributed by atoms with Crippen LogP contribution in [0.5, 0.6) is 11.6 Å². The van der Waals surface area contributed by atoms with Crippen LogP contribution in [0.2, 0.25) is 0 Å². The molecule has 2 aromatic rings. The van der Waals surface area contributed by atoms with Gasteiger partial charge in [0.2, 0.25) is 5.88 Å². The third-order valence-corrected chi connectivity index (χ3v) is 5.97. The molecule has 0 fully saturated rings. The molecule has 2 aliphatic rings. The Morgan fingerprint density at radius 3 is 2.67 bits per heavy atom. The molecule has 4 rings (SSSR count). The molecule has 6 heteroatoms.